The van der Waals surface area contributed by atoms with E-state index in [-0.39, 0.29) is 54.7 Å². The highest BCUT2D eigenvalue weighted by atomic mass is 19.4. The van der Waals surface area contributed by atoms with Crippen LogP contribution in [0.25, 0.3) is 10.8 Å². The summed E-state index contributed by atoms with van der Waals surface area (Å²) >= 11 is 0. The van der Waals surface area contributed by atoms with E-state index in [1.165, 1.54) is 11.0 Å². The Morgan fingerprint density at radius 1 is 0.945 bits per heavy atom. The Labute approximate surface area is 318 Å². The lowest BCUT2D eigenvalue weighted by Crippen LogP contribution is -2.48. The standard InChI is InChI=1S/C41H48F3N5O6/c1-26-23-49(27(2)25-50)38(51)34-22-32(46-39(52)45-31-17-15-30(16-18-31)41(42,43)44)19-20-36(34)55-28(3)10-7-8-21-54-37(26)24-48(4)40(53)47-35-14-9-12-29-11-5-6-13-33(29)35/h5-6,9,11-20,22,26-28,37,50H,7-8,10,21,23-25H2,1-4H3,(H,47,53)(H2,45,46,52)/t26-,27+,28+,37-/m0/s1. The fourth-order valence-corrected chi connectivity index (χ4v) is 6.40. The second-order valence-electron chi connectivity index (χ2n) is 14.0. The molecule has 0 saturated carbocycles. The van der Waals surface area contributed by atoms with Gasteiger partial charge < -0.3 is 40.3 Å². The number of amides is 5. The third-order valence-electron chi connectivity index (χ3n) is 9.61. The summed E-state index contributed by atoms with van der Waals surface area (Å²) in [5.74, 6) is -0.461. The summed E-state index contributed by atoms with van der Waals surface area (Å²) < 4.78 is 51.6. The zero-order chi connectivity index (χ0) is 39.7. The molecule has 4 N–H and O–H groups in total. The number of hydrogen-bond acceptors (Lipinski definition) is 6. The third kappa shape index (κ3) is 10.9. The zero-order valence-electron chi connectivity index (χ0n) is 31.4. The smallest absolute Gasteiger partial charge is 0.416 e. The predicted molar refractivity (Wildman–Crippen MR) is 207 cm³/mol. The molecule has 4 atom stereocenters. The van der Waals surface area contributed by atoms with Crippen molar-refractivity contribution in [2.45, 2.75) is 64.5 Å². The fourth-order valence-electron chi connectivity index (χ4n) is 6.40. The Kier molecular flexibility index (Phi) is 13.6. The second-order valence-corrected chi connectivity index (χ2v) is 14.0. The van der Waals surface area contributed by atoms with Gasteiger partial charge in [0.2, 0.25) is 0 Å². The lowest BCUT2D eigenvalue weighted by molar-refractivity contribution is -0.137. The highest BCUT2D eigenvalue weighted by Gasteiger charge is 2.32. The van der Waals surface area contributed by atoms with Crippen molar-refractivity contribution in [3.05, 3.63) is 96.1 Å². The van der Waals surface area contributed by atoms with Crippen LogP contribution < -0.4 is 20.7 Å². The monoisotopic (exact) mass is 763 g/mol. The molecule has 0 aliphatic carbocycles. The van der Waals surface area contributed by atoms with Crippen molar-refractivity contribution in [1.82, 2.24) is 9.80 Å². The molecule has 0 radical (unpaired) electrons. The summed E-state index contributed by atoms with van der Waals surface area (Å²) in [5, 5.41) is 20.4. The van der Waals surface area contributed by atoms with Crippen molar-refractivity contribution < 1.29 is 42.1 Å². The topological polar surface area (TPSA) is 132 Å². The normalized spacial score (nSPS) is 19.0. The van der Waals surface area contributed by atoms with Crippen molar-refractivity contribution in [3.8, 4) is 5.75 Å². The molecule has 5 rings (SSSR count). The maximum Gasteiger partial charge on any atom is 0.416 e. The molecule has 11 nitrogen and oxygen atoms in total. The van der Waals surface area contributed by atoms with Crippen LogP contribution in [0.3, 0.4) is 0 Å². The van der Waals surface area contributed by atoms with Crippen molar-refractivity contribution in [2.75, 3.05) is 49.3 Å². The molecule has 1 heterocycles. The molecular formula is C41H48F3N5O6. The molecule has 294 valence electrons. The summed E-state index contributed by atoms with van der Waals surface area (Å²) in [5.41, 5.74) is 0.360. The van der Waals surface area contributed by atoms with Crippen LogP contribution in [0.1, 0.15) is 56.0 Å². The number of anilines is 3. The molecule has 4 aromatic rings. The van der Waals surface area contributed by atoms with E-state index >= 15 is 0 Å². The Morgan fingerprint density at radius 2 is 1.64 bits per heavy atom. The van der Waals surface area contributed by atoms with Gasteiger partial charge in [-0.3, -0.25) is 4.79 Å². The van der Waals surface area contributed by atoms with E-state index in [0.717, 1.165) is 47.9 Å². The number of hydrogen-bond donors (Lipinski definition) is 4. The number of aliphatic hydroxyl groups excluding tert-OH is 1. The first-order valence-electron chi connectivity index (χ1n) is 18.3. The number of carbonyl (C=O) groups excluding carboxylic acids is 3. The van der Waals surface area contributed by atoms with Gasteiger partial charge in [0.05, 0.1) is 41.7 Å². The summed E-state index contributed by atoms with van der Waals surface area (Å²) in [6, 6.07) is 20.5. The molecule has 14 heteroatoms. The fraction of sp³-hybridized carbons (Fsp3) is 0.390. The van der Waals surface area contributed by atoms with Gasteiger partial charge in [-0.25, -0.2) is 9.59 Å². The molecule has 0 spiro atoms. The van der Waals surface area contributed by atoms with Gasteiger partial charge in [0, 0.05) is 49.4 Å². The van der Waals surface area contributed by atoms with Gasteiger partial charge in [0.1, 0.15) is 5.75 Å². The number of fused-ring (bicyclic) bond motifs is 2. The van der Waals surface area contributed by atoms with Gasteiger partial charge in [-0.2, -0.15) is 13.2 Å². The van der Waals surface area contributed by atoms with E-state index in [4.69, 9.17) is 9.47 Å². The van der Waals surface area contributed by atoms with Gasteiger partial charge in [0.15, 0.2) is 0 Å². The quantitative estimate of drug-likeness (QED) is 0.149. The molecule has 1 aliphatic heterocycles. The summed E-state index contributed by atoms with van der Waals surface area (Å²) in [6.07, 6.45) is -3.08. The number of nitrogens with one attached hydrogen (secondary N) is 3. The van der Waals surface area contributed by atoms with Gasteiger partial charge in [-0.1, -0.05) is 43.3 Å². The maximum absolute atomic E-state index is 14.4. The summed E-state index contributed by atoms with van der Waals surface area (Å²) in [7, 11) is 1.69. The molecule has 1 aliphatic rings. The molecule has 5 amide bonds. The van der Waals surface area contributed by atoms with Gasteiger partial charge in [-0.05, 0) is 87.0 Å². The SMILES string of the molecule is C[C@@H]1CCCCO[C@@H](CN(C)C(=O)Nc2cccc3ccccc23)[C@@H](C)CN([C@H](C)CO)C(=O)c2cc(NC(=O)Nc3ccc(C(F)(F)F)cc3)ccc2O1. The van der Waals surface area contributed by atoms with Crippen LogP contribution in [-0.2, 0) is 10.9 Å². The van der Waals surface area contributed by atoms with Crippen molar-refractivity contribution in [2.24, 2.45) is 5.92 Å². The molecule has 0 unspecified atom stereocenters. The van der Waals surface area contributed by atoms with Gasteiger partial charge >= 0.3 is 18.2 Å². The minimum atomic E-state index is -4.51. The number of likely N-dealkylation sites (N-methyl/N-ethyl adjacent to an activating group) is 1. The first-order chi connectivity index (χ1) is 26.2. The van der Waals surface area contributed by atoms with E-state index in [1.54, 1.807) is 31.0 Å². The highest BCUT2D eigenvalue weighted by molar-refractivity contribution is 6.03. The first-order valence-corrected chi connectivity index (χ1v) is 18.3. The van der Waals surface area contributed by atoms with Crippen LogP contribution in [0.2, 0.25) is 0 Å². The van der Waals surface area contributed by atoms with Crippen LogP contribution in [0, 0.1) is 5.92 Å². The number of nitrogens with zero attached hydrogens (tertiary/aromatic N) is 2. The molecule has 4 aromatic carbocycles. The van der Waals surface area contributed by atoms with Gasteiger partial charge in [0.25, 0.3) is 5.91 Å². The number of benzene rings is 4. The van der Waals surface area contributed by atoms with E-state index in [2.05, 4.69) is 16.0 Å². The Balaban J connectivity index is 1.35. The van der Waals surface area contributed by atoms with E-state index in [1.807, 2.05) is 56.3 Å². The molecule has 0 fully saturated rings. The zero-order valence-corrected chi connectivity index (χ0v) is 31.4. The average Bonchev–Trinajstić information content (AvgIpc) is 3.15. The average molecular weight is 764 g/mol. The third-order valence-corrected chi connectivity index (χ3v) is 9.61. The van der Waals surface area contributed by atoms with Crippen LogP contribution in [0.4, 0.5) is 39.8 Å². The van der Waals surface area contributed by atoms with Gasteiger partial charge in [-0.15, -0.1) is 0 Å². The Hall–Kier alpha value is -5.34. The maximum atomic E-state index is 14.4. The van der Waals surface area contributed by atoms with E-state index in [9.17, 15) is 32.7 Å². The number of ether oxygens (including phenoxy) is 2. The van der Waals surface area contributed by atoms with Crippen molar-refractivity contribution in [1.29, 1.82) is 0 Å². The number of carbonyl (C=O) groups is 3. The number of rotatable bonds is 7. The molecule has 0 aromatic heterocycles. The number of halogens is 3. The number of alkyl halides is 3. The van der Waals surface area contributed by atoms with Crippen LogP contribution in [-0.4, -0.2) is 84.5 Å². The van der Waals surface area contributed by atoms with E-state index < -0.39 is 35.8 Å². The van der Waals surface area contributed by atoms with Crippen molar-refractivity contribution in [3.63, 3.8) is 0 Å². The Bertz CT molecular complexity index is 1940. The van der Waals surface area contributed by atoms with Crippen LogP contribution in [0.5, 0.6) is 5.75 Å². The Morgan fingerprint density at radius 3 is 2.36 bits per heavy atom. The summed E-state index contributed by atoms with van der Waals surface area (Å²) in [4.78, 5) is 43.9. The molecular weight excluding hydrogens is 715 g/mol. The lowest BCUT2D eigenvalue weighted by atomic mass is 10.0. The lowest BCUT2D eigenvalue weighted by Gasteiger charge is -2.35. The van der Waals surface area contributed by atoms with E-state index in [0.29, 0.717) is 24.5 Å². The minimum absolute atomic E-state index is 0.141. The largest absolute Gasteiger partial charge is 0.490 e. The molecule has 0 bridgehead atoms. The van der Waals surface area contributed by atoms with Crippen molar-refractivity contribution >= 4 is 45.8 Å². The first kappa shape index (κ1) is 40.8. The minimum Gasteiger partial charge on any atom is -0.490 e. The summed E-state index contributed by atoms with van der Waals surface area (Å²) in [6.45, 7) is 6.03. The molecule has 0 saturated heterocycles. The number of urea groups is 2. The van der Waals surface area contributed by atoms with Crippen LogP contribution >= 0.6 is 0 Å². The van der Waals surface area contributed by atoms with Crippen LogP contribution in [0.15, 0.2) is 84.9 Å². The second kappa shape index (κ2) is 18.3. The predicted octanol–water partition coefficient (Wildman–Crippen LogP) is 8.46. The number of aliphatic hydroxyl groups is 1. The molecule has 55 heavy (non-hydrogen) atoms. The highest BCUT2D eigenvalue weighted by Crippen LogP contribution is 2.31.